The van der Waals surface area contributed by atoms with Gasteiger partial charge in [0, 0.05) is 12.8 Å². The van der Waals surface area contributed by atoms with Gasteiger partial charge in [0.25, 0.3) is 0 Å². The highest BCUT2D eigenvalue weighted by molar-refractivity contribution is 6.12. The van der Waals surface area contributed by atoms with Crippen molar-refractivity contribution in [2.24, 2.45) is 0 Å². The SMILES string of the molecule is CCO[C@@H]1Oc2ccc(C)cc2C(=O)/C1=C/Nc1ccccc1O. The zero-order chi connectivity index (χ0) is 17.1. The maximum absolute atomic E-state index is 12.8. The second kappa shape index (κ2) is 6.76. The number of aromatic hydroxyl groups is 1. The van der Waals surface area contributed by atoms with E-state index in [2.05, 4.69) is 5.32 Å². The molecule has 0 fully saturated rings. The second-order valence-electron chi connectivity index (χ2n) is 5.50. The van der Waals surface area contributed by atoms with Crippen molar-refractivity contribution >= 4 is 11.5 Å². The smallest absolute Gasteiger partial charge is 0.232 e. The number of nitrogens with one attached hydrogen (secondary N) is 1. The normalized spacial score (nSPS) is 18.2. The van der Waals surface area contributed by atoms with Crippen molar-refractivity contribution in [3.8, 4) is 11.5 Å². The number of phenols is 1. The predicted octanol–water partition coefficient (Wildman–Crippen LogP) is 3.63. The first kappa shape index (κ1) is 16.1. The Kier molecular flexibility index (Phi) is 4.53. The van der Waals surface area contributed by atoms with Gasteiger partial charge in [-0.15, -0.1) is 0 Å². The Labute approximate surface area is 140 Å². The predicted molar refractivity (Wildman–Crippen MR) is 91.4 cm³/mol. The number of para-hydroxylation sites is 2. The van der Waals surface area contributed by atoms with Crippen molar-refractivity contribution in [2.75, 3.05) is 11.9 Å². The van der Waals surface area contributed by atoms with E-state index in [-0.39, 0.29) is 11.5 Å². The highest BCUT2D eigenvalue weighted by atomic mass is 16.7. The van der Waals surface area contributed by atoms with Crippen LogP contribution in [0.15, 0.2) is 54.2 Å². The van der Waals surface area contributed by atoms with Gasteiger partial charge in [-0.3, -0.25) is 4.79 Å². The van der Waals surface area contributed by atoms with Crippen molar-refractivity contribution in [1.82, 2.24) is 0 Å². The molecule has 0 bridgehead atoms. The first-order chi connectivity index (χ1) is 11.6. The standard InChI is InChI=1S/C19H19NO4/c1-3-23-19-14(11-20-15-6-4-5-7-16(15)21)18(22)13-10-12(2)8-9-17(13)24-19/h4-11,19-21H,3H2,1-2H3/b14-11-/t19-/m1/s1. The van der Waals surface area contributed by atoms with E-state index in [4.69, 9.17) is 9.47 Å². The van der Waals surface area contributed by atoms with Gasteiger partial charge in [-0.1, -0.05) is 23.8 Å². The summed E-state index contributed by atoms with van der Waals surface area (Å²) in [5.41, 5.74) is 2.35. The van der Waals surface area contributed by atoms with E-state index in [1.54, 1.807) is 36.4 Å². The molecule has 0 aromatic heterocycles. The molecule has 0 saturated carbocycles. The van der Waals surface area contributed by atoms with E-state index < -0.39 is 6.29 Å². The molecule has 2 aromatic carbocycles. The minimum absolute atomic E-state index is 0.0998. The van der Waals surface area contributed by atoms with Gasteiger partial charge in [-0.2, -0.15) is 0 Å². The van der Waals surface area contributed by atoms with E-state index in [1.807, 2.05) is 19.9 Å². The average molecular weight is 325 g/mol. The fourth-order valence-corrected chi connectivity index (χ4v) is 2.53. The van der Waals surface area contributed by atoms with Gasteiger partial charge in [-0.25, -0.2) is 0 Å². The summed E-state index contributed by atoms with van der Waals surface area (Å²) in [7, 11) is 0. The molecule has 2 N–H and O–H groups in total. The summed E-state index contributed by atoms with van der Waals surface area (Å²) in [4.78, 5) is 12.8. The lowest BCUT2D eigenvalue weighted by molar-refractivity contribution is -0.0509. The maximum atomic E-state index is 12.8. The van der Waals surface area contributed by atoms with E-state index in [0.29, 0.717) is 29.2 Å². The second-order valence-corrected chi connectivity index (χ2v) is 5.50. The van der Waals surface area contributed by atoms with Gasteiger partial charge in [0.1, 0.15) is 11.5 Å². The van der Waals surface area contributed by atoms with Gasteiger partial charge in [0.15, 0.2) is 5.78 Å². The highest BCUT2D eigenvalue weighted by Crippen LogP contribution is 2.32. The highest BCUT2D eigenvalue weighted by Gasteiger charge is 2.32. The molecule has 3 rings (SSSR count). The number of hydrogen-bond acceptors (Lipinski definition) is 5. The van der Waals surface area contributed by atoms with Crippen molar-refractivity contribution in [3.63, 3.8) is 0 Å². The van der Waals surface area contributed by atoms with Crippen LogP contribution < -0.4 is 10.1 Å². The summed E-state index contributed by atoms with van der Waals surface area (Å²) >= 11 is 0. The molecule has 0 aliphatic carbocycles. The van der Waals surface area contributed by atoms with Gasteiger partial charge < -0.3 is 19.9 Å². The molecule has 124 valence electrons. The molecule has 0 radical (unpaired) electrons. The largest absolute Gasteiger partial charge is 0.506 e. The molecule has 0 spiro atoms. The molecule has 0 unspecified atom stereocenters. The number of fused-ring (bicyclic) bond motifs is 1. The molecule has 0 saturated heterocycles. The third-order valence-electron chi connectivity index (χ3n) is 3.74. The molecule has 2 aromatic rings. The summed E-state index contributed by atoms with van der Waals surface area (Å²) in [6.07, 6.45) is 0.749. The van der Waals surface area contributed by atoms with E-state index in [1.165, 1.54) is 6.20 Å². The summed E-state index contributed by atoms with van der Waals surface area (Å²) < 4.78 is 11.4. The summed E-state index contributed by atoms with van der Waals surface area (Å²) in [6, 6.07) is 12.3. The van der Waals surface area contributed by atoms with Crippen LogP contribution in [0.3, 0.4) is 0 Å². The Morgan fingerprint density at radius 1 is 1.29 bits per heavy atom. The molecule has 1 aliphatic rings. The number of aryl methyl sites for hydroxylation is 1. The molecule has 0 amide bonds. The van der Waals surface area contributed by atoms with Crippen LogP contribution in [0.1, 0.15) is 22.8 Å². The Morgan fingerprint density at radius 3 is 2.83 bits per heavy atom. The monoisotopic (exact) mass is 325 g/mol. The first-order valence-electron chi connectivity index (χ1n) is 7.78. The Hall–Kier alpha value is -2.79. The van der Waals surface area contributed by atoms with Crippen LogP contribution in [0.25, 0.3) is 0 Å². The van der Waals surface area contributed by atoms with Crippen molar-refractivity contribution < 1.29 is 19.4 Å². The third kappa shape index (κ3) is 3.12. The zero-order valence-electron chi connectivity index (χ0n) is 13.6. The lowest BCUT2D eigenvalue weighted by Gasteiger charge is -2.27. The quantitative estimate of drug-likeness (QED) is 0.663. The first-order valence-corrected chi connectivity index (χ1v) is 7.78. The number of rotatable bonds is 4. The van der Waals surface area contributed by atoms with E-state index >= 15 is 0 Å². The zero-order valence-corrected chi connectivity index (χ0v) is 13.6. The van der Waals surface area contributed by atoms with Crippen LogP contribution in [0.4, 0.5) is 5.69 Å². The van der Waals surface area contributed by atoms with Gasteiger partial charge >= 0.3 is 0 Å². The number of Topliss-reactive ketones (excluding diaryl/α,β-unsaturated/α-hetero) is 1. The van der Waals surface area contributed by atoms with Crippen LogP contribution >= 0.6 is 0 Å². The molecule has 1 aliphatic heterocycles. The van der Waals surface area contributed by atoms with E-state index in [0.717, 1.165) is 5.56 Å². The van der Waals surface area contributed by atoms with Gasteiger partial charge in [0.2, 0.25) is 6.29 Å². The number of hydrogen-bond donors (Lipinski definition) is 2. The average Bonchev–Trinajstić information content (AvgIpc) is 2.57. The lowest BCUT2D eigenvalue weighted by atomic mass is 9.98. The number of carbonyl (C=O) groups excluding carboxylic acids is 1. The topological polar surface area (TPSA) is 67.8 Å². The van der Waals surface area contributed by atoms with Gasteiger partial charge in [-0.05, 0) is 38.1 Å². The van der Waals surface area contributed by atoms with Crippen molar-refractivity contribution in [2.45, 2.75) is 20.1 Å². The Morgan fingerprint density at radius 2 is 2.08 bits per heavy atom. The summed E-state index contributed by atoms with van der Waals surface area (Å²) in [6.45, 7) is 4.17. The number of ketones is 1. The van der Waals surface area contributed by atoms with Crippen LogP contribution in [-0.2, 0) is 4.74 Å². The molecule has 5 heteroatoms. The number of carbonyl (C=O) groups is 1. The van der Waals surface area contributed by atoms with Crippen LogP contribution in [-0.4, -0.2) is 23.8 Å². The molecular weight excluding hydrogens is 306 g/mol. The number of ether oxygens (including phenoxy) is 2. The minimum Gasteiger partial charge on any atom is -0.506 e. The van der Waals surface area contributed by atoms with Crippen LogP contribution in [0, 0.1) is 6.92 Å². The molecule has 5 nitrogen and oxygen atoms in total. The Balaban J connectivity index is 1.95. The molecule has 24 heavy (non-hydrogen) atoms. The van der Waals surface area contributed by atoms with Crippen molar-refractivity contribution in [1.29, 1.82) is 0 Å². The molecule has 1 atom stereocenters. The number of phenolic OH excluding ortho intramolecular Hbond substituents is 1. The summed E-state index contributed by atoms with van der Waals surface area (Å²) in [5, 5.41) is 12.8. The van der Waals surface area contributed by atoms with Crippen LogP contribution in [0.5, 0.6) is 11.5 Å². The number of benzene rings is 2. The maximum Gasteiger partial charge on any atom is 0.232 e. The third-order valence-corrected chi connectivity index (χ3v) is 3.74. The fourth-order valence-electron chi connectivity index (χ4n) is 2.53. The molecular formula is C19H19NO4. The van der Waals surface area contributed by atoms with Gasteiger partial charge in [0.05, 0.1) is 16.8 Å². The summed E-state index contributed by atoms with van der Waals surface area (Å²) in [5.74, 6) is 0.466. The Bertz CT molecular complexity index is 798. The van der Waals surface area contributed by atoms with Crippen LogP contribution in [0.2, 0.25) is 0 Å². The lowest BCUT2D eigenvalue weighted by Crippen LogP contribution is -2.33. The minimum atomic E-state index is -0.781. The molecule has 1 heterocycles. The van der Waals surface area contributed by atoms with E-state index in [9.17, 15) is 9.90 Å². The van der Waals surface area contributed by atoms with Crippen molar-refractivity contribution in [3.05, 3.63) is 65.4 Å². The number of anilines is 1. The fraction of sp³-hybridized carbons (Fsp3) is 0.211.